The van der Waals surface area contributed by atoms with Crippen molar-refractivity contribution < 1.29 is 14.3 Å². The molecule has 1 amide bonds. The zero-order valence-electron chi connectivity index (χ0n) is 15.5. The Labute approximate surface area is 187 Å². The van der Waals surface area contributed by atoms with E-state index < -0.39 is 0 Å². The van der Waals surface area contributed by atoms with Gasteiger partial charge in [0.2, 0.25) is 0 Å². The number of hydrogen-bond acceptors (Lipinski definition) is 3. The van der Waals surface area contributed by atoms with Crippen LogP contribution in [-0.4, -0.2) is 28.8 Å². The van der Waals surface area contributed by atoms with Crippen molar-refractivity contribution in [3.63, 3.8) is 0 Å². The maximum Gasteiger partial charge on any atom is 0.251 e. The molecule has 2 aromatic carbocycles. The van der Waals surface area contributed by atoms with Crippen LogP contribution in [0.5, 0.6) is 5.75 Å². The third-order valence-electron chi connectivity index (χ3n) is 5.35. The number of rotatable bonds is 5. The average Bonchev–Trinajstić information content (AvgIpc) is 3.24. The Bertz CT molecular complexity index is 836. The summed E-state index contributed by atoms with van der Waals surface area (Å²) in [6.45, 7) is 0.815. The van der Waals surface area contributed by atoms with Gasteiger partial charge in [0.15, 0.2) is 4.11 Å². The molecule has 1 heterocycles. The Balaban J connectivity index is 1.33. The van der Waals surface area contributed by atoms with E-state index in [0.29, 0.717) is 5.56 Å². The first-order chi connectivity index (χ1) is 13.6. The molecule has 1 aliphatic carbocycles. The highest BCUT2D eigenvalue weighted by Crippen LogP contribution is 2.26. The van der Waals surface area contributed by atoms with E-state index in [2.05, 4.69) is 62.0 Å². The van der Waals surface area contributed by atoms with E-state index >= 15 is 0 Å². The Morgan fingerprint density at radius 3 is 2.75 bits per heavy atom. The second-order valence-electron chi connectivity index (χ2n) is 7.37. The van der Waals surface area contributed by atoms with Crippen LogP contribution in [0.1, 0.15) is 40.7 Å². The van der Waals surface area contributed by atoms with E-state index in [4.69, 9.17) is 9.47 Å². The van der Waals surface area contributed by atoms with Crippen molar-refractivity contribution >= 4 is 44.4 Å². The summed E-state index contributed by atoms with van der Waals surface area (Å²) in [6.07, 6.45) is 5.12. The van der Waals surface area contributed by atoms with E-state index in [1.807, 2.05) is 24.3 Å². The first-order valence-electron chi connectivity index (χ1n) is 9.69. The van der Waals surface area contributed by atoms with Crippen molar-refractivity contribution in [2.75, 3.05) is 6.61 Å². The van der Waals surface area contributed by atoms with Crippen LogP contribution in [0.4, 0.5) is 0 Å². The first-order valence-corrected chi connectivity index (χ1v) is 11.7. The molecule has 0 bridgehead atoms. The summed E-state index contributed by atoms with van der Waals surface area (Å²) < 4.78 is 12.7. The van der Waals surface area contributed by atoms with Gasteiger partial charge in [-0.25, -0.2) is 0 Å². The summed E-state index contributed by atoms with van der Waals surface area (Å²) in [5, 5.41) is 3.18. The van der Waals surface area contributed by atoms with Crippen LogP contribution in [0.3, 0.4) is 0 Å². The van der Waals surface area contributed by atoms with E-state index in [1.54, 1.807) is 0 Å². The zero-order chi connectivity index (χ0) is 19.5. The number of ether oxygens (including phenoxy) is 2. The standard InChI is InChI=1S/C22H23BrINO3/c23-17-7-3-16-13-18(8-4-15(16)12-17)25-22(26)14-5-9-19(10-6-14)28-21(24)20-2-1-11-27-20/h3,5-7,9-10,12,18,20-21H,1-2,4,8,11,13H2,(H,25,26)/t18?,20?,21-/m1/s1. The second-order valence-corrected chi connectivity index (χ2v) is 9.51. The Hall–Kier alpha value is -1.12. The molecule has 1 N–H and O–H groups in total. The molecule has 4 rings (SSSR count). The lowest BCUT2D eigenvalue weighted by molar-refractivity contribution is 0.0594. The fourth-order valence-corrected chi connectivity index (χ4v) is 5.08. The molecular weight excluding hydrogens is 533 g/mol. The van der Waals surface area contributed by atoms with Gasteiger partial charge in [-0.3, -0.25) is 4.79 Å². The number of hydrogen-bond donors (Lipinski definition) is 1. The van der Waals surface area contributed by atoms with Crippen LogP contribution in [0.15, 0.2) is 46.9 Å². The number of fused-ring (bicyclic) bond motifs is 1. The number of alkyl halides is 1. The van der Waals surface area contributed by atoms with Crippen molar-refractivity contribution in [1.82, 2.24) is 5.32 Å². The lowest BCUT2D eigenvalue weighted by Crippen LogP contribution is -2.38. The number of nitrogens with one attached hydrogen (secondary N) is 1. The minimum Gasteiger partial charge on any atom is -0.477 e. The molecule has 2 unspecified atom stereocenters. The molecule has 1 fully saturated rings. The van der Waals surface area contributed by atoms with Crippen LogP contribution >= 0.6 is 38.5 Å². The van der Waals surface area contributed by atoms with Crippen LogP contribution in [-0.2, 0) is 17.6 Å². The van der Waals surface area contributed by atoms with Crippen molar-refractivity contribution in [1.29, 1.82) is 0 Å². The van der Waals surface area contributed by atoms with E-state index in [-0.39, 0.29) is 22.2 Å². The highest BCUT2D eigenvalue weighted by Gasteiger charge is 2.25. The smallest absolute Gasteiger partial charge is 0.251 e. The van der Waals surface area contributed by atoms with Gasteiger partial charge < -0.3 is 14.8 Å². The Kier molecular flexibility index (Phi) is 6.58. The number of amides is 1. The molecule has 1 saturated heterocycles. The molecular formula is C22H23BrINO3. The molecule has 1 aliphatic heterocycles. The molecule has 0 saturated carbocycles. The lowest BCUT2D eigenvalue weighted by Gasteiger charge is -2.25. The van der Waals surface area contributed by atoms with E-state index in [1.165, 1.54) is 11.1 Å². The van der Waals surface area contributed by atoms with Gasteiger partial charge in [-0.2, -0.15) is 0 Å². The van der Waals surface area contributed by atoms with Crippen molar-refractivity contribution in [3.05, 3.63) is 63.6 Å². The molecule has 0 spiro atoms. The molecule has 0 aromatic heterocycles. The predicted octanol–water partition coefficient (Wildman–Crippen LogP) is 5.06. The molecule has 0 radical (unpaired) electrons. The number of benzene rings is 2. The van der Waals surface area contributed by atoms with Gasteiger partial charge in [-0.05, 0) is 102 Å². The summed E-state index contributed by atoms with van der Waals surface area (Å²) in [4.78, 5) is 12.6. The van der Waals surface area contributed by atoms with Crippen LogP contribution in [0.2, 0.25) is 0 Å². The molecule has 4 nitrogen and oxygen atoms in total. The maximum atomic E-state index is 12.6. The zero-order valence-corrected chi connectivity index (χ0v) is 19.2. The predicted molar refractivity (Wildman–Crippen MR) is 121 cm³/mol. The third-order valence-corrected chi connectivity index (χ3v) is 6.90. The van der Waals surface area contributed by atoms with Gasteiger partial charge in [0, 0.05) is 22.7 Å². The Morgan fingerprint density at radius 1 is 1.18 bits per heavy atom. The average molecular weight is 556 g/mol. The number of halogens is 2. The van der Waals surface area contributed by atoms with Gasteiger partial charge in [-0.1, -0.05) is 22.0 Å². The van der Waals surface area contributed by atoms with E-state index in [0.717, 1.165) is 48.9 Å². The van der Waals surface area contributed by atoms with Crippen LogP contribution < -0.4 is 10.1 Å². The van der Waals surface area contributed by atoms with Gasteiger partial charge in [0.05, 0.1) is 0 Å². The van der Waals surface area contributed by atoms with Gasteiger partial charge in [0.25, 0.3) is 5.91 Å². The minimum atomic E-state index is -0.0257. The van der Waals surface area contributed by atoms with Crippen molar-refractivity contribution in [3.8, 4) is 5.75 Å². The largest absolute Gasteiger partial charge is 0.477 e. The Morgan fingerprint density at radius 2 is 2.00 bits per heavy atom. The minimum absolute atomic E-state index is 0.0119. The summed E-state index contributed by atoms with van der Waals surface area (Å²) in [5.41, 5.74) is 3.36. The topological polar surface area (TPSA) is 47.6 Å². The summed E-state index contributed by atoms with van der Waals surface area (Å²) in [6, 6.07) is 14.0. The fourth-order valence-electron chi connectivity index (χ4n) is 3.82. The van der Waals surface area contributed by atoms with E-state index in [9.17, 15) is 4.79 Å². The van der Waals surface area contributed by atoms with Crippen molar-refractivity contribution in [2.24, 2.45) is 0 Å². The molecule has 6 heteroatoms. The molecule has 148 valence electrons. The highest BCUT2D eigenvalue weighted by atomic mass is 127. The van der Waals surface area contributed by atoms with Gasteiger partial charge in [-0.15, -0.1) is 0 Å². The molecule has 2 aliphatic rings. The second kappa shape index (κ2) is 9.13. The summed E-state index contributed by atoms with van der Waals surface area (Å²) in [7, 11) is 0. The fraction of sp³-hybridized carbons (Fsp3) is 0.409. The quantitative estimate of drug-likeness (QED) is 0.414. The van der Waals surface area contributed by atoms with Crippen LogP contribution in [0, 0.1) is 0 Å². The lowest BCUT2D eigenvalue weighted by atomic mass is 9.88. The maximum absolute atomic E-state index is 12.6. The third kappa shape index (κ3) is 4.89. The highest BCUT2D eigenvalue weighted by molar-refractivity contribution is 14.1. The van der Waals surface area contributed by atoms with Gasteiger partial charge in [0.1, 0.15) is 11.9 Å². The summed E-state index contributed by atoms with van der Waals surface area (Å²) in [5.74, 6) is 0.742. The number of carbonyl (C=O) groups is 1. The normalized spacial score (nSPS) is 22.4. The van der Waals surface area contributed by atoms with Crippen molar-refractivity contribution in [2.45, 2.75) is 48.4 Å². The number of aryl methyl sites for hydroxylation is 1. The molecule has 3 atom stereocenters. The van der Waals surface area contributed by atoms with Crippen LogP contribution in [0.25, 0.3) is 0 Å². The molecule has 28 heavy (non-hydrogen) atoms. The van der Waals surface area contributed by atoms with Gasteiger partial charge >= 0.3 is 0 Å². The summed E-state index contributed by atoms with van der Waals surface area (Å²) >= 11 is 5.81. The molecule has 2 aromatic rings. The number of carbonyl (C=O) groups excluding carboxylic acids is 1. The monoisotopic (exact) mass is 555 g/mol. The first kappa shape index (κ1) is 20.2. The SMILES string of the molecule is O=C(NC1CCc2cc(Br)ccc2C1)c1ccc(O[C@@H](I)C2CCCO2)cc1.